The van der Waals surface area contributed by atoms with E-state index in [0.29, 0.717) is 25.6 Å². The smallest absolute Gasteiger partial charge is 0.246 e. The number of benzene rings is 1. The molecule has 0 unspecified atom stereocenters. The Labute approximate surface area is 237 Å². The maximum atomic E-state index is 12.8. The van der Waals surface area contributed by atoms with Crippen LogP contribution in [0.25, 0.3) is 21.1 Å². The summed E-state index contributed by atoms with van der Waals surface area (Å²) in [4.78, 5) is 30.5. The predicted octanol–water partition coefficient (Wildman–Crippen LogP) is 5.52. The van der Waals surface area contributed by atoms with Gasteiger partial charge in [-0.15, -0.1) is 11.3 Å². The van der Waals surface area contributed by atoms with Gasteiger partial charge in [-0.2, -0.15) is 0 Å². The van der Waals surface area contributed by atoms with Crippen molar-refractivity contribution in [2.24, 2.45) is 5.92 Å². The lowest BCUT2D eigenvalue weighted by Gasteiger charge is -2.26. The second kappa shape index (κ2) is 11.6. The summed E-state index contributed by atoms with van der Waals surface area (Å²) in [6.07, 6.45) is 9.95. The highest BCUT2D eigenvalue weighted by atomic mass is 32.1. The zero-order chi connectivity index (χ0) is 27.5. The van der Waals surface area contributed by atoms with Crippen molar-refractivity contribution in [1.82, 2.24) is 29.7 Å². The van der Waals surface area contributed by atoms with Gasteiger partial charge >= 0.3 is 0 Å². The lowest BCUT2D eigenvalue weighted by molar-refractivity contribution is -0.126. The van der Waals surface area contributed by atoms with E-state index in [1.165, 1.54) is 10.4 Å². The molecule has 9 heteroatoms. The number of carbonyl (C=O) groups is 1. The topological polar surface area (TPSA) is 88.0 Å². The number of fused-ring (bicyclic) bond motifs is 4. The summed E-state index contributed by atoms with van der Waals surface area (Å²) in [6.45, 7) is 8.01. The summed E-state index contributed by atoms with van der Waals surface area (Å²) in [5.74, 6) is 1.46. The summed E-state index contributed by atoms with van der Waals surface area (Å²) >= 11 is 1.66. The molecule has 1 aliphatic heterocycles. The standard InChI is InChI=1S/C31H33N7OS/c1-21(2)17-32-12-5-7-28(39)38-15-11-25-27(19-38)40-31-29(25)30(34-20-35-31)36-23-8-9-26-22(16-23)10-14-37(26)18-24-6-3-4-13-33-24/h3-10,13-14,16,20-21,32H,11-12,15,17-19H2,1-2H3,(H,34,35,36). The average Bonchev–Trinajstić information content (AvgIpc) is 3.54. The minimum absolute atomic E-state index is 0.0576. The average molecular weight is 552 g/mol. The van der Waals surface area contributed by atoms with Gasteiger partial charge in [0.1, 0.15) is 17.0 Å². The molecule has 0 atom stereocenters. The number of carbonyl (C=O) groups excluding carboxylic acids is 1. The number of hydrogen-bond acceptors (Lipinski definition) is 7. The number of hydrogen-bond donors (Lipinski definition) is 2. The lowest BCUT2D eigenvalue weighted by atomic mass is 10.0. The number of pyridine rings is 1. The van der Waals surface area contributed by atoms with Crippen molar-refractivity contribution in [3.8, 4) is 0 Å². The molecule has 5 aromatic rings. The van der Waals surface area contributed by atoms with Gasteiger partial charge in [0.2, 0.25) is 5.91 Å². The van der Waals surface area contributed by atoms with Gasteiger partial charge < -0.3 is 20.1 Å². The molecular weight excluding hydrogens is 518 g/mol. The summed E-state index contributed by atoms with van der Waals surface area (Å²) in [6, 6.07) is 14.5. The van der Waals surface area contributed by atoms with Crippen LogP contribution in [0, 0.1) is 5.92 Å². The number of rotatable bonds is 9. The van der Waals surface area contributed by atoms with Gasteiger partial charge in [-0.1, -0.05) is 26.0 Å². The first-order valence-corrected chi connectivity index (χ1v) is 14.5. The van der Waals surface area contributed by atoms with Gasteiger partial charge in [-0.05, 0) is 60.8 Å². The summed E-state index contributed by atoms with van der Waals surface area (Å²) in [5.41, 5.74) is 4.42. The molecule has 0 saturated heterocycles. The highest BCUT2D eigenvalue weighted by molar-refractivity contribution is 7.19. The zero-order valence-electron chi connectivity index (χ0n) is 22.8. The van der Waals surface area contributed by atoms with Crippen molar-refractivity contribution >= 4 is 49.9 Å². The molecule has 0 fully saturated rings. The Kier molecular flexibility index (Phi) is 7.57. The Morgan fingerprint density at radius 2 is 2.08 bits per heavy atom. The number of nitrogens with zero attached hydrogens (tertiary/aromatic N) is 5. The first-order valence-electron chi connectivity index (χ1n) is 13.7. The fraction of sp³-hybridized carbons (Fsp3) is 0.290. The third-order valence-corrected chi connectivity index (χ3v) is 8.24. The van der Waals surface area contributed by atoms with Crippen LogP contribution in [0.4, 0.5) is 11.5 Å². The van der Waals surface area contributed by atoms with Gasteiger partial charge in [0.05, 0.1) is 24.2 Å². The van der Waals surface area contributed by atoms with Crippen molar-refractivity contribution in [1.29, 1.82) is 0 Å². The fourth-order valence-electron chi connectivity index (χ4n) is 5.15. The van der Waals surface area contributed by atoms with E-state index in [9.17, 15) is 4.79 Å². The molecule has 40 heavy (non-hydrogen) atoms. The van der Waals surface area contributed by atoms with Crippen LogP contribution in [0.1, 0.15) is 30.0 Å². The number of aromatic nitrogens is 4. The number of thiophene rings is 1. The molecule has 5 heterocycles. The molecule has 4 aromatic heterocycles. The van der Waals surface area contributed by atoms with Crippen LogP contribution < -0.4 is 10.6 Å². The normalized spacial score (nSPS) is 13.5. The van der Waals surface area contributed by atoms with Gasteiger partial charge in [0, 0.05) is 53.0 Å². The maximum Gasteiger partial charge on any atom is 0.246 e. The first-order chi connectivity index (χ1) is 19.5. The molecule has 6 rings (SSSR count). The van der Waals surface area contributed by atoms with Gasteiger partial charge in [0.15, 0.2) is 0 Å². The molecule has 0 saturated carbocycles. The van der Waals surface area contributed by atoms with E-state index in [-0.39, 0.29) is 5.91 Å². The van der Waals surface area contributed by atoms with E-state index in [2.05, 4.69) is 74.5 Å². The van der Waals surface area contributed by atoms with Crippen molar-refractivity contribution in [3.63, 3.8) is 0 Å². The molecule has 0 spiro atoms. The number of amides is 1. The van der Waals surface area contributed by atoms with Gasteiger partial charge in [-0.3, -0.25) is 9.78 Å². The lowest BCUT2D eigenvalue weighted by Crippen LogP contribution is -2.34. The Hall–Kier alpha value is -4.08. The van der Waals surface area contributed by atoms with E-state index in [0.717, 1.165) is 57.8 Å². The van der Waals surface area contributed by atoms with Gasteiger partial charge in [0.25, 0.3) is 0 Å². The van der Waals surface area contributed by atoms with Crippen molar-refractivity contribution in [3.05, 3.63) is 89.5 Å². The van der Waals surface area contributed by atoms with Crippen LogP contribution in [-0.4, -0.2) is 50.0 Å². The van der Waals surface area contributed by atoms with Crippen LogP contribution in [0.3, 0.4) is 0 Å². The Morgan fingerprint density at radius 1 is 1.15 bits per heavy atom. The molecular formula is C31H33N7OS. The first kappa shape index (κ1) is 26.2. The van der Waals surface area contributed by atoms with E-state index in [1.807, 2.05) is 35.4 Å². The third-order valence-electron chi connectivity index (χ3n) is 7.12. The largest absolute Gasteiger partial charge is 0.341 e. The summed E-state index contributed by atoms with van der Waals surface area (Å²) < 4.78 is 2.21. The zero-order valence-corrected chi connectivity index (χ0v) is 23.6. The van der Waals surface area contributed by atoms with Crippen molar-refractivity contribution in [2.75, 3.05) is 25.0 Å². The second-order valence-electron chi connectivity index (χ2n) is 10.5. The van der Waals surface area contributed by atoms with Crippen LogP contribution in [0.2, 0.25) is 0 Å². The summed E-state index contributed by atoms with van der Waals surface area (Å²) in [7, 11) is 0. The number of nitrogens with one attached hydrogen (secondary N) is 2. The second-order valence-corrected chi connectivity index (χ2v) is 11.6. The molecule has 1 amide bonds. The molecule has 204 valence electrons. The molecule has 0 aliphatic carbocycles. The van der Waals surface area contributed by atoms with Crippen LogP contribution in [-0.2, 0) is 24.3 Å². The third kappa shape index (κ3) is 5.61. The molecule has 1 aromatic carbocycles. The van der Waals surface area contributed by atoms with Crippen LogP contribution >= 0.6 is 11.3 Å². The van der Waals surface area contributed by atoms with Crippen LogP contribution in [0.5, 0.6) is 0 Å². The summed E-state index contributed by atoms with van der Waals surface area (Å²) in [5, 5.41) is 9.11. The molecule has 0 radical (unpaired) electrons. The van der Waals surface area contributed by atoms with Crippen molar-refractivity contribution in [2.45, 2.75) is 33.4 Å². The van der Waals surface area contributed by atoms with Gasteiger partial charge in [-0.25, -0.2) is 9.97 Å². The monoisotopic (exact) mass is 551 g/mol. The van der Waals surface area contributed by atoms with E-state index in [4.69, 9.17) is 0 Å². The minimum Gasteiger partial charge on any atom is -0.341 e. The molecule has 1 aliphatic rings. The fourth-order valence-corrected chi connectivity index (χ4v) is 6.35. The van der Waals surface area contributed by atoms with E-state index >= 15 is 0 Å². The minimum atomic E-state index is 0.0576. The number of anilines is 2. The Balaban J connectivity index is 1.18. The SMILES string of the molecule is CC(C)CNCC=CC(=O)N1CCc2c(sc3ncnc(Nc4ccc5c(ccn5Cc5ccccn5)c4)c23)C1. The quantitative estimate of drug-likeness (QED) is 0.185. The highest BCUT2D eigenvalue weighted by Gasteiger charge is 2.25. The maximum absolute atomic E-state index is 12.8. The molecule has 2 N–H and O–H groups in total. The Bertz CT molecular complexity index is 1670. The Morgan fingerprint density at radius 3 is 2.92 bits per heavy atom. The van der Waals surface area contributed by atoms with E-state index in [1.54, 1.807) is 23.7 Å². The van der Waals surface area contributed by atoms with Crippen molar-refractivity contribution < 1.29 is 4.79 Å². The molecule has 8 nitrogen and oxygen atoms in total. The van der Waals surface area contributed by atoms with E-state index < -0.39 is 0 Å². The highest BCUT2D eigenvalue weighted by Crippen LogP contribution is 2.38. The van der Waals surface area contributed by atoms with Crippen LogP contribution in [0.15, 0.2) is 73.3 Å². The predicted molar refractivity (Wildman–Crippen MR) is 162 cm³/mol. The molecule has 0 bridgehead atoms.